The lowest BCUT2D eigenvalue weighted by Gasteiger charge is -2.10. The Kier molecular flexibility index (Phi) is 5.12. The first-order valence-corrected chi connectivity index (χ1v) is 5.48. The van der Waals surface area contributed by atoms with Gasteiger partial charge < -0.3 is 10.1 Å². The first-order chi connectivity index (χ1) is 7.26. The summed E-state index contributed by atoms with van der Waals surface area (Å²) in [5.74, 6) is 1.46. The Hall–Kier alpha value is -1.09. The van der Waals surface area contributed by atoms with Crippen molar-refractivity contribution in [3.8, 4) is 5.75 Å². The fraction of sp³-hybridized carbons (Fsp3) is 0.583. The first kappa shape index (κ1) is 12.0. The molecular weight excluding hydrogens is 188 g/mol. The van der Waals surface area contributed by atoms with Crippen molar-refractivity contribution >= 4 is 0 Å². The molecule has 0 radical (unpaired) electrons. The summed E-state index contributed by atoms with van der Waals surface area (Å²) in [5, 5.41) is 3.06. The van der Waals surface area contributed by atoms with Crippen LogP contribution in [0.25, 0.3) is 0 Å². The molecule has 0 saturated heterocycles. The molecule has 84 valence electrons. The Morgan fingerprint density at radius 2 is 2.27 bits per heavy atom. The zero-order valence-electron chi connectivity index (χ0n) is 9.79. The van der Waals surface area contributed by atoms with Gasteiger partial charge in [-0.25, -0.2) is 0 Å². The lowest BCUT2D eigenvalue weighted by molar-refractivity contribution is 0.255. The smallest absolute Gasteiger partial charge is 0.137 e. The SMILES string of the molecule is CCC(C)COc1ccc(CNC)nc1. The maximum absolute atomic E-state index is 5.61. The summed E-state index contributed by atoms with van der Waals surface area (Å²) in [6.07, 6.45) is 2.93. The Morgan fingerprint density at radius 1 is 1.47 bits per heavy atom. The number of hydrogen-bond acceptors (Lipinski definition) is 3. The van der Waals surface area contributed by atoms with E-state index in [1.165, 1.54) is 0 Å². The molecule has 0 spiro atoms. The third-order valence-corrected chi connectivity index (χ3v) is 2.39. The van der Waals surface area contributed by atoms with Gasteiger partial charge in [-0.1, -0.05) is 20.3 Å². The van der Waals surface area contributed by atoms with E-state index in [1.807, 2.05) is 19.2 Å². The van der Waals surface area contributed by atoms with Crippen molar-refractivity contribution in [2.45, 2.75) is 26.8 Å². The second kappa shape index (κ2) is 6.40. The lowest BCUT2D eigenvalue weighted by Crippen LogP contribution is -2.09. The van der Waals surface area contributed by atoms with E-state index in [1.54, 1.807) is 6.20 Å². The Balaban J connectivity index is 2.42. The lowest BCUT2D eigenvalue weighted by atomic mass is 10.1. The van der Waals surface area contributed by atoms with Gasteiger partial charge in [-0.3, -0.25) is 4.98 Å². The molecule has 1 heterocycles. The minimum absolute atomic E-state index is 0.599. The molecule has 1 aromatic rings. The van der Waals surface area contributed by atoms with E-state index in [-0.39, 0.29) is 0 Å². The minimum atomic E-state index is 0.599. The van der Waals surface area contributed by atoms with Gasteiger partial charge in [0.2, 0.25) is 0 Å². The minimum Gasteiger partial charge on any atom is -0.492 e. The van der Waals surface area contributed by atoms with Crippen LogP contribution in [-0.4, -0.2) is 18.6 Å². The van der Waals surface area contributed by atoms with Gasteiger partial charge >= 0.3 is 0 Å². The van der Waals surface area contributed by atoms with Crippen molar-refractivity contribution in [1.82, 2.24) is 10.3 Å². The van der Waals surface area contributed by atoms with Crippen LogP contribution in [0.1, 0.15) is 26.0 Å². The molecule has 1 unspecified atom stereocenters. The van der Waals surface area contributed by atoms with Crippen molar-refractivity contribution in [2.24, 2.45) is 5.92 Å². The van der Waals surface area contributed by atoms with Gasteiger partial charge in [-0.05, 0) is 25.1 Å². The molecule has 1 N–H and O–H groups in total. The standard InChI is InChI=1S/C12H20N2O/c1-4-10(2)9-15-12-6-5-11(7-13-3)14-8-12/h5-6,8,10,13H,4,7,9H2,1-3H3. The molecule has 0 bridgehead atoms. The maximum atomic E-state index is 5.61. The largest absolute Gasteiger partial charge is 0.492 e. The molecule has 1 rings (SSSR count). The van der Waals surface area contributed by atoms with Crippen LogP contribution in [0, 0.1) is 5.92 Å². The molecule has 3 nitrogen and oxygen atoms in total. The molecule has 0 fully saturated rings. The quantitative estimate of drug-likeness (QED) is 0.778. The highest BCUT2D eigenvalue weighted by atomic mass is 16.5. The van der Waals surface area contributed by atoms with Gasteiger partial charge in [0.25, 0.3) is 0 Å². The average Bonchev–Trinajstić information content (AvgIpc) is 2.28. The van der Waals surface area contributed by atoms with Crippen LogP contribution in [0.4, 0.5) is 0 Å². The highest BCUT2D eigenvalue weighted by Gasteiger charge is 2.00. The van der Waals surface area contributed by atoms with Gasteiger partial charge in [0.1, 0.15) is 5.75 Å². The summed E-state index contributed by atoms with van der Waals surface area (Å²) in [6, 6.07) is 3.96. The summed E-state index contributed by atoms with van der Waals surface area (Å²) >= 11 is 0. The number of nitrogens with zero attached hydrogens (tertiary/aromatic N) is 1. The summed E-state index contributed by atoms with van der Waals surface area (Å²) in [7, 11) is 1.91. The van der Waals surface area contributed by atoms with Gasteiger partial charge in [0, 0.05) is 6.54 Å². The van der Waals surface area contributed by atoms with Crippen LogP contribution < -0.4 is 10.1 Å². The third kappa shape index (κ3) is 4.30. The summed E-state index contributed by atoms with van der Waals surface area (Å²) in [6.45, 7) is 5.92. The number of ether oxygens (including phenoxy) is 1. The normalized spacial score (nSPS) is 12.5. The van der Waals surface area contributed by atoms with Crippen LogP contribution in [0.15, 0.2) is 18.3 Å². The van der Waals surface area contributed by atoms with Gasteiger partial charge in [-0.2, -0.15) is 0 Å². The van der Waals surface area contributed by atoms with Crippen molar-refractivity contribution in [1.29, 1.82) is 0 Å². The van der Waals surface area contributed by atoms with E-state index in [0.29, 0.717) is 5.92 Å². The molecule has 0 aliphatic rings. The predicted molar refractivity (Wildman–Crippen MR) is 62.0 cm³/mol. The molecule has 0 aliphatic carbocycles. The molecule has 1 atom stereocenters. The number of rotatable bonds is 6. The topological polar surface area (TPSA) is 34.1 Å². The van der Waals surface area contributed by atoms with Crippen molar-refractivity contribution in [3.05, 3.63) is 24.0 Å². The van der Waals surface area contributed by atoms with E-state index in [2.05, 4.69) is 24.1 Å². The van der Waals surface area contributed by atoms with Crippen molar-refractivity contribution < 1.29 is 4.74 Å². The third-order valence-electron chi connectivity index (χ3n) is 2.39. The van der Waals surface area contributed by atoms with Gasteiger partial charge in [0.15, 0.2) is 0 Å². The summed E-state index contributed by atoms with van der Waals surface area (Å²) < 4.78 is 5.61. The first-order valence-electron chi connectivity index (χ1n) is 5.48. The molecule has 15 heavy (non-hydrogen) atoms. The zero-order valence-corrected chi connectivity index (χ0v) is 9.79. The Labute approximate surface area is 91.9 Å². The van der Waals surface area contributed by atoms with Crippen LogP contribution in [0.5, 0.6) is 5.75 Å². The Morgan fingerprint density at radius 3 is 2.80 bits per heavy atom. The van der Waals surface area contributed by atoms with Crippen LogP contribution in [0.3, 0.4) is 0 Å². The Bertz CT molecular complexity index is 271. The van der Waals surface area contributed by atoms with Crippen molar-refractivity contribution in [2.75, 3.05) is 13.7 Å². The fourth-order valence-corrected chi connectivity index (χ4v) is 1.14. The molecule has 0 aliphatic heterocycles. The van der Waals surface area contributed by atoms with E-state index in [9.17, 15) is 0 Å². The molecule has 0 amide bonds. The average molecular weight is 208 g/mol. The monoisotopic (exact) mass is 208 g/mol. The van der Waals surface area contributed by atoms with E-state index in [4.69, 9.17) is 4.74 Å². The summed E-state index contributed by atoms with van der Waals surface area (Å²) in [4.78, 5) is 4.28. The van der Waals surface area contributed by atoms with Crippen LogP contribution in [0.2, 0.25) is 0 Å². The molecule has 3 heteroatoms. The summed E-state index contributed by atoms with van der Waals surface area (Å²) in [5.41, 5.74) is 1.04. The maximum Gasteiger partial charge on any atom is 0.137 e. The molecular formula is C12H20N2O. The van der Waals surface area contributed by atoms with Crippen LogP contribution in [-0.2, 0) is 6.54 Å². The second-order valence-corrected chi connectivity index (χ2v) is 3.84. The van der Waals surface area contributed by atoms with E-state index < -0.39 is 0 Å². The van der Waals surface area contributed by atoms with Crippen molar-refractivity contribution in [3.63, 3.8) is 0 Å². The number of aromatic nitrogens is 1. The zero-order chi connectivity index (χ0) is 11.1. The fourth-order valence-electron chi connectivity index (χ4n) is 1.14. The van der Waals surface area contributed by atoms with E-state index >= 15 is 0 Å². The number of hydrogen-bond donors (Lipinski definition) is 1. The predicted octanol–water partition coefficient (Wildman–Crippen LogP) is 2.23. The van der Waals surface area contributed by atoms with Crippen LogP contribution >= 0.6 is 0 Å². The number of nitrogens with one attached hydrogen (secondary N) is 1. The van der Waals surface area contributed by atoms with E-state index in [0.717, 1.165) is 31.0 Å². The highest BCUT2D eigenvalue weighted by Crippen LogP contribution is 2.11. The molecule has 1 aromatic heterocycles. The molecule has 0 aromatic carbocycles. The van der Waals surface area contributed by atoms with Gasteiger partial charge in [-0.15, -0.1) is 0 Å². The van der Waals surface area contributed by atoms with Gasteiger partial charge in [0.05, 0.1) is 18.5 Å². The second-order valence-electron chi connectivity index (χ2n) is 3.84. The highest BCUT2D eigenvalue weighted by molar-refractivity contribution is 5.19. The number of pyridine rings is 1. The molecule has 0 saturated carbocycles.